The van der Waals surface area contributed by atoms with E-state index in [9.17, 15) is 0 Å². The molecule has 1 heterocycles. The zero-order valence-electron chi connectivity index (χ0n) is 15.4. The van der Waals surface area contributed by atoms with Crippen LogP contribution in [0.15, 0.2) is 60.7 Å². The van der Waals surface area contributed by atoms with E-state index in [1.807, 2.05) is 0 Å². The third-order valence-electron chi connectivity index (χ3n) is 5.71. The first-order valence-corrected chi connectivity index (χ1v) is 11.4. The molecule has 0 N–H and O–H groups in total. The van der Waals surface area contributed by atoms with Gasteiger partial charge in [0, 0.05) is 0 Å². The summed E-state index contributed by atoms with van der Waals surface area (Å²) in [6.45, 7) is 7.02. The van der Waals surface area contributed by atoms with Gasteiger partial charge in [-0.1, -0.05) is 81.4 Å². The maximum Gasteiger partial charge on any atom is 0.261 e. The lowest BCUT2D eigenvalue weighted by Gasteiger charge is -2.45. The molecule has 2 aromatic rings. The van der Waals surface area contributed by atoms with Crippen LogP contribution in [0.3, 0.4) is 0 Å². The highest BCUT2D eigenvalue weighted by atomic mass is 28.4. The van der Waals surface area contributed by atoms with Crippen LogP contribution in [0.2, 0.25) is 5.04 Å². The zero-order chi connectivity index (χ0) is 17.5. The predicted octanol–water partition coefficient (Wildman–Crippen LogP) is 3.88. The smallest absolute Gasteiger partial charge is 0.261 e. The second kappa shape index (κ2) is 6.38. The van der Waals surface area contributed by atoms with Crippen LogP contribution in [0.4, 0.5) is 0 Å². The van der Waals surface area contributed by atoms with Gasteiger partial charge in [-0.3, -0.25) is 0 Å². The van der Waals surface area contributed by atoms with E-state index in [2.05, 4.69) is 81.4 Å². The van der Waals surface area contributed by atoms with Crippen LogP contribution in [0.5, 0.6) is 0 Å². The number of rotatable bonds is 4. The van der Waals surface area contributed by atoms with Crippen LogP contribution in [0.1, 0.15) is 40.0 Å². The van der Waals surface area contributed by atoms with Crippen molar-refractivity contribution in [1.82, 2.24) is 0 Å². The Morgan fingerprint density at radius 1 is 0.880 bits per heavy atom. The molecule has 25 heavy (non-hydrogen) atoms. The lowest BCUT2D eigenvalue weighted by atomic mass is 9.98. The van der Waals surface area contributed by atoms with E-state index in [0.29, 0.717) is 12.2 Å². The van der Waals surface area contributed by atoms with Gasteiger partial charge in [0.2, 0.25) is 0 Å². The highest BCUT2D eigenvalue weighted by Crippen LogP contribution is 2.43. The lowest BCUT2D eigenvalue weighted by molar-refractivity contribution is 0.137. The van der Waals surface area contributed by atoms with Gasteiger partial charge in [-0.25, -0.2) is 0 Å². The van der Waals surface area contributed by atoms with Gasteiger partial charge in [-0.15, -0.1) is 0 Å². The van der Waals surface area contributed by atoms with Crippen LogP contribution in [0.25, 0.3) is 0 Å². The summed E-state index contributed by atoms with van der Waals surface area (Å²) in [7, 11) is -2.43. The van der Waals surface area contributed by atoms with Crippen molar-refractivity contribution in [2.75, 3.05) is 0 Å². The molecule has 1 saturated heterocycles. The number of hydrogen-bond acceptors (Lipinski definition) is 2. The van der Waals surface area contributed by atoms with Crippen molar-refractivity contribution in [3.8, 4) is 0 Å². The molecule has 0 aromatic heterocycles. The molecule has 1 saturated carbocycles. The summed E-state index contributed by atoms with van der Waals surface area (Å²) < 4.78 is 13.1. The molecule has 2 nitrogen and oxygen atoms in total. The topological polar surface area (TPSA) is 21.8 Å². The molecule has 3 heteroatoms. The second-order valence-electron chi connectivity index (χ2n) is 8.39. The van der Waals surface area contributed by atoms with E-state index >= 15 is 0 Å². The molecular formula is C22H28O2Si. The monoisotopic (exact) mass is 352 g/mol. The van der Waals surface area contributed by atoms with E-state index in [-0.39, 0.29) is 11.1 Å². The maximum atomic E-state index is 7.18. The lowest BCUT2D eigenvalue weighted by Crippen LogP contribution is -2.68. The fourth-order valence-electron chi connectivity index (χ4n) is 4.44. The largest absolute Gasteiger partial charge is 0.402 e. The first-order chi connectivity index (χ1) is 12.0. The SMILES string of the molecule is CC(C)(C)[Si](O[C@@H]1CCC[C@@H]2O[C@@H]21)(c1ccccc1)c1ccccc1. The Morgan fingerprint density at radius 2 is 1.44 bits per heavy atom. The van der Waals surface area contributed by atoms with Gasteiger partial charge in [0.05, 0.1) is 12.2 Å². The molecule has 2 aromatic carbocycles. The van der Waals surface area contributed by atoms with Gasteiger partial charge in [0.25, 0.3) is 8.32 Å². The Morgan fingerprint density at radius 3 is 1.96 bits per heavy atom. The Balaban J connectivity index is 1.83. The minimum Gasteiger partial charge on any atom is -0.402 e. The van der Waals surface area contributed by atoms with E-state index in [1.54, 1.807) is 0 Å². The number of fused-ring (bicyclic) bond motifs is 1. The van der Waals surface area contributed by atoms with Crippen molar-refractivity contribution in [1.29, 1.82) is 0 Å². The minimum absolute atomic E-state index is 0.0392. The van der Waals surface area contributed by atoms with Crippen molar-refractivity contribution in [2.24, 2.45) is 0 Å². The van der Waals surface area contributed by atoms with Crippen molar-refractivity contribution in [3.63, 3.8) is 0 Å². The van der Waals surface area contributed by atoms with Crippen molar-refractivity contribution < 1.29 is 9.16 Å². The summed E-state index contributed by atoms with van der Waals surface area (Å²) in [5, 5.41) is 2.75. The van der Waals surface area contributed by atoms with Gasteiger partial charge in [0.15, 0.2) is 0 Å². The third-order valence-corrected chi connectivity index (χ3v) is 10.8. The summed E-state index contributed by atoms with van der Waals surface area (Å²) in [6, 6.07) is 21.8. The number of ether oxygens (including phenoxy) is 1. The summed E-state index contributed by atoms with van der Waals surface area (Å²) in [6.07, 6.45) is 4.51. The average Bonchev–Trinajstić information content (AvgIpc) is 3.40. The highest BCUT2D eigenvalue weighted by molar-refractivity contribution is 6.99. The molecule has 2 fully saturated rings. The van der Waals surface area contributed by atoms with Crippen molar-refractivity contribution >= 4 is 18.7 Å². The molecule has 1 aliphatic carbocycles. The summed E-state index contributed by atoms with van der Waals surface area (Å²) in [4.78, 5) is 0. The standard InChI is InChI=1S/C22H28O2Si/c1-22(2,3)25(17-11-6-4-7-12-17,18-13-8-5-9-14-18)24-20-16-10-15-19-21(20)23-19/h4-9,11-14,19-21H,10,15-16H2,1-3H3/t19-,20+,21-/m0/s1. The van der Waals surface area contributed by atoms with Gasteiger partial charge >= 0.3 is 0 Å². The molecule has 0 radical (unpaired) electrons. The van der Waals surface area contributed by atoms with E-state index in [0.717, 1.165) is 6.42 Å². The molecule has 4 rings (SSSR count). The van der Waals surface area contributed by atoms with Gasteiger partial charge in [-0.05, 0) is 34.7 Å². The van der Waals surface area contributed by atoms with Gasteiger partial charge < -0.3 is 9.16 Å². The van der Waals surface area contributed by atoms with Gasteiger partial charge in [-0.2, -0.15) is 0 Å². The predicted molar refractivity (Wildman–Crippen MR) is 105 cm³/mol. The summed E-state index contributed by atoms with van der Waals surface area (Å²) in [5.41, 5.74) is 0. The van der Waals surface area contributed by atoms with Crippen LogP contribution in [0, 0.1) is 0 Å². The Labute approximate surface area is 152 Å². The molecule has 0 amide bonds. The first kappa shape index (κ1) is 17.0. The average molecular weight is 353 g/mol. The van der Waals surface area contributed by atoms with E-state index in [1.165, 1.54) is 23.2 Å². The molecule has 0 bridgehead atoms. The summed E-state index contributed by atoms with van der Waals surface area (Å²) in [5.74, 6) is 0. The first-order valence-electron chi connectivity index (χ1n) is 9.47. The van der Waals surface area contributed by atoms with Crippen LogP contribution in [-0.4, -0.2) is 26.6 Å². The Kier molecular flexibility index (Phi) is 4.34. The van der Waals surface area contributed by atoms with E-state index in [4.69, 9.17) is 9.16 Å². The van der Waals surface area contributed by atoms with E-state index < -0.39 is 8.32 Å². The maximum absolute atomic E-state index is 7.18. The Hall–Kier alpha value is -1.42. The quantitative estimate of drug-likeness (QED) is 0.615. The molecule has 0 unspecified atom stereocenters. The third kappa shape index (κ3) is 2.99. The second-order valence-corrected chi connectivity index (χ2v) is 12.6. The molecule has 1 aliphatic heterocycles. The van der Waals surface area contributed by atoms with Crippen molar-refractivity contribution in [3.05, 3.63) is 60.7 Å². The van der Waals surface area contributed by atoms with Crippen LogP contribution in [-0.2, 0) is 9.16 Å². The van der Waals surface area contributed by atoms with Crippen LogP contribution < -0.4 is 10.4 Å². The normalized spacial score (nSPS) is 26.1. The Bertz CT molecular complexity index is 668. The number of epoxide rings is 1. The van der Waals surface area contributed by atoms with Gasteiger partial charge in [0.1, 0.15) is 6.10 Å². The molecule has 0 spiro atoms. The number of hydrogen-bond donors (Lipinski definition) is 0. The molecule has 132 valence electrons. The summed E-state index contributed by atoms with van der Waals surface area (Å²) >= 11 is 0. The fraction of sp³-hybridized carbons (Fsp3) is 0.455. The minimum atomic E-state index is -2.43. The molecular weight excluding hydrogens is 324 g/mol. The highest BCUT2D eigenvalue weighted by Gasteiger charge is 2.56. The van der Waals surface area contributed by atoms with Crippen molar-refractivity contribution in [2.45, 2.75) is 63.4 Å². The molecule has 3 atom stereocenters. The zero-order valence-corrected chi connectivity index (χ0v) is 16.4. The fourth-order valence-corrected chi connectivity index (χ4v) is 9.17. The van der Waals surface area contributed by atoms with Crippen LogP contribution >= 0.6 is 0 Å². The number of benzene rings is 2. The molecule has 2 aliphatic rings.